The number of fused-ring (bicyclic) bond motifs is 1. The minimum absolute atomic E-state index is 0.00974. The van der Waals surface area contributed by atoms with E-state index < -0.39 is 378 Å². The zero-order valence-electron chi connectivity index (χ0n) is 68.9. The van der Waals surface area contributed by atoms with Gasteiger partial charge in [0.2, 0.25) is 11.8 Å². The van der Waals surface area contributed by atoms with Crippen LogP contribution in [0.25, 0.3) is 0 Å². The third kappa shape index (κ3) is 45.1. The van der Waals surface area contributed by atoms with Crippen LogP contribution in [0.1, 0.15) is 51.4 Å². The maximum atomic E-state index is 14.2. The predicted octanol–water partition coefficient (Wildman–Crippen LogP) is -13.2. The molecule has 0 aromatic carbocycles. The van der Waals surface area contributed by atoms with Crippen molar-refractivity contribution in [2.24, 2.45) is 0 Å². The number of thioether (sulfide) groups is 1. The van der Waals surface area contributed by atoms with Crippen molar-refractivity contribution < 1.29 is 331 Å². The summed E-state index contributed by atoms with van der Waals surface area (Å²) in [5, 5.41) is 9.93. The minimum Gasteiger partial charge on any atom is -0.356 e. The van der Waals surface area contributed by atoms with Crippen LogP contribution in [0.2, 0.25) is 0 Å². The molecular weight excluding hydrogens is 2370 g/mol. The Kier molecular flexibility index (Phi) is 43.2. The van der Waals surface area contributed by atoms with Crippen LogP contribution in [0.5, 0.6) is 0 Å². The number of rotatable bonds is 57. The lowest BCUT2D eigenvalue weighted by molar-refractivity contribution is -0.383. The van der Waals surface area contributed by atoms with Gasteiger partial charge in [-0.3, -0.25) is 82.4 Å². The van der Waals surface area contributed by atoms with Gasteiger partial charge in [-0.1, -0.05) is 12.8 Å². The number of amides is 4. The summed E-state index contributed by atoms with van der Waals surface area (Å²) in [7, 11) is -107. The molecule has 7 fully saturated rings. The topological polar surface area (TPSA) is 1200 Å². The molecule has 7 aliphatic heterocycles. The molecule has 0 bridgehead atoms. The largest absolute Gasteiger partial charge is 0.397 e. The summed E-state index contributed by atoms with van der Waals surface area (Å²) in [6.45, 7) is -12.3. The van der Waals surface area contributed by atoms with Crippen molar-refractivity contribution in [1.82, 2.24) is 21.3 Å². The van der Waals surface area contributed by atoms with Crippen molar-refractivity contribution in [3.05, 3.63) is 0 Å². The average molecular weight is 2450 g/mol. The number of unbranched alkanes of at least 4 members (excludes halogenated alkanes) is 3. The van der Waals surface area contributed by atoms with Gasteiger partial charge in [0.25, 0.3) is 0 Å². The van der Waals surface area contributed by atoms with E-state index in [1.807, 2.05) is 0 Å². The smallest absolute Gasteiger partial charge is 0.356 e. The van der Waals surface area contributed by atoms with Crippen LogP contribution in [0, 0.1) is 0 Å². The van der Waals surface area contributed by atoms with Crippen LogP contribution in [0.4, 0.5) is 4.79 Å². The first kappa shape index (κ1) is 126. The molecule has 0 radical (unpaired) electrons. The molecule has 840 valence electrons. The lowest BCUT2D eigenvalue weighted by Gasteiger charge is -2.51. The molecular formula is C46H78N4O76S17. The summed E-state index contributed by atoms with van der Waals surface area (Å²) in [6.07, 6.45) is -97.1. The van der Waals surface area contributed by atoms with Gasteiger partial charge in [0.1, 0.15) is 97.7 Å². The highest BCUT2D eigenvalue weighted by molar-refractivity contribution is 8.00. The minimum atomic E-state index is -7.17. The highest BCUT2D eigenvalue weighted by Gasteiger charge is 2.65. The Morgan fingerprint density at radius 3 is 0.825 bits per heavy atom. The number of carbonyl (C=O) groups excluding carboxylic acids is 3. The lowest BCUT2D eigenvalue weighted by atomic mass is 9.95. The van der Waals surface area contributed by atoms with E-state index in [1.54, 1.807) is 17.1 Å². The molecule has 7 saturated heterocycles. The van der Waals surface area contributed by atoms with Crippen molar-refractivity contribution in [2.45, 2.75) is 222 Å². The summed E-state index contributed by atoms with van der Waals surface area (Å²) in [6, 6.07) is -0.641. The Morgan fingerprint density at radius 1 is 0.287 bits per heavy atom. The monoisotopic (exact) mass is 2450 g/mol. The van der Waals surface area contributed by atoms with Gasteiger partial charge in [-0.15, -0.1) is 0 Å². The fourth-order valence-corrected chi connectivity index (χ4v) is 22.4. The molecule has 80 nitrogen and oxygen atoms in total. The van der Waals surface area contributed by atoms with Gasteiger partial charge >= 0.3 is 172 Å². The summed E-state index contributed by atoms with van der Waals surface area (Å²) in [4.78, 5) is 38.8. The van der Waals surface area contributed by atoms with E-state index in [9.17, 15) is 222 Å². The van der Waals surface area contributed by atoms with Gasteiger partial charge in [0.05, 0.1) is 45.1 Å². The van der Waals surface area contributed by atoms with Gasteiger partial charge in [-0.05, 0) is 25.7 Å². The number of urea groups is 1. The summed E-state index contributed by atoms with van der Waals surface area (Å²) >= 11 is 1.58. The van der Waals surface area contributed by atoms with E-state index in [4.69, 9.17) is 42.6 Å². The molecule has 0 aliphatic carbocycles. The van der Waals surface area contributed by atoms with Crippen LogP contribution < -0.4 is 21.3 Å². The quantitative estimate of drug-likeness (QED) is 0.0153. The molecule has 97 heteroatoms. The van der Waals surface area contributed by atoms with Crippen LogP contribution >= 0.6 is 11.8 Å². The van der Waals surface area contributed by atoms with Crippen molar-refractivity contribution in [1.29, 1.82) is 0 Å². The highest BCUT2D eigenvalue weighted by atomic mass is 32.3. The van der Waals surface area contributed by atoms with E-state index in [0.29, 0.717) is 25.0 Å². The standard InChI is InChI=1S/C46H78N4O76S17/c51-23(7-4-3-6-22-25-16(15-127-22)48-46(53)50-25)47-9-5-1-2-8-24(52)49-41-36(34(121-138(84,85)86)29(119-136(78,79)80)17(107-41)10-102-128(54,55)56)115-44-39(125-142(96,97)98)33(28(118-135(75,76)77)20(110-44)13-105-131(63,64)65)113-42-37(123-140(90,91)92)31(26(116-133(69,70)71)18(108-42)11-103-129(57,58)59)112-43-38(124-141(93,94)95)32(27(117-134(72,73)74)19(109-43)12-104-130(60,61)62)114-45-40(126-143(99,100)101)35(122-139(87,88)89)30(120-137(81,82)83)21(111-45)14-106-132(66,67)68/h16-22,25-45H,1-15H2,(H,47,51)(H,49,52)(H2,48,50,53)(H,54,55,56)(H,57,58,59)(H,60,61,62)(H,63,64,65)(H,66,67,68)(H,69,70,71)(H,72,73,74)(H,75,76,77)(H,78,79,80)(H,81,82,83)(H,84,85,86)(H,87,88,89)(H,90,91,92)(H,93,94,95)(H,96,97,98)(H,99,100,101)/t16-,17+,18+,19+,20+,21+,22-,25-,26+,27+,28+,29+,30+,31-,32-,33-,34-,35-,36-,37-,38-,39-,40-,41-,42+,43+,44+,45+/m0/s1. The maximum absolute atomic E-state index is 14.2. The Hall–Kier alpha value is -3.88. The molecule has 7 rings (SSSR count). The fraction of sp³-hybridized carbons (Fsp3) is 0.935. The average Bonchev–Trinajstić information content (AvgIpc) is 0.928. The molecule has 0 unspecified atom stereocenters. The molecule has 20 N–H and O–H groups in total. The molecule has 28 atom stereocenters. The molecule has 7 aliphatic rings. The first-order valence-corrected chi connectivity index (χ1v) is 59.8. The van der Waals surface area contributed by atoms with Gasteiger partial charge in [-0.25, -0.2) is 71.7 Å². The van der Waals surface area contributed by atoms with E-state index in [2.05, 4.69) is 82.9 Å². The summed E-state index contributed by atoms with van der Waals surface area (Å²) in [5.74, 6) is -1.48. The molecule has 0 spiro atoms. The van der Waals surface area contributed by atoms with Crippen molar-refractivity contribution in [2.75, 3.05) is 45.3 Å². The summed E-state index contributed by atoms with van der Waals surface area (Å²) in [5.41, 5.74) is 0. The third-order valence-corrected chi connectivity index (χ3v) is 27.2. The van der Waals surface area contributed by atoms with Gasteiger partial charge in [-0.2, -0.15) is 146 Å². The SMILES string of the molecule is O=C(CCCC[C@@H]1SC[C@@H]2NC(=O)N[C@@H]21)NCCCCCC(=O)N[C@H]1O[C@H](COS(=O)(=O)O)[C@@H](OS(=O)(=O)O)[C@H](OS(=O)(=O)O)[C@@H]1O[C@H]1O[C@H](COS(=O)(=O)O)[C@@H](OS(=O)(=O)O)[C@H](O[C@H]2O[C@H](COS(=O)(=O)O)[C@@H](OS(=O)(=O)O)[C@H](O[C@H]3O[C@H](COS(=O)(=O)O)[C@@H](OS(=O)(=O)O)[C@H](O[C@H]4O[C@H](COS(=O)(=O)O)[C@@H](OS(=O)(=O)O)[C@H](OS(=O)(=O)O)[C@@H]4OS(=O)(=O)O)[C@@H]3OS(=O)(=O)O)[C@@H]2OS(=O)(=O)O)[C@@H]1OS(=O)(=O)O. The number of ether oxygens (including phenoxy) is 9. The van der Waals surface area contributed by atoms with Crippen LogP contribution in [-0.2, 0) is 286 Å². The highest BCUT2D eigenvalue weighted by Crippen LogP contribution is 2.44. The zero-order valence-corrected chi connectivity index (χ0v) is 82.7. The predicted molar refractivity (Wildman–Crippen MR) is 425 cm³/mol. The molecule has 4 amide bonds. The Labute approximate surface area is 810 Å². The number of hydrogen-bond donors (Lipinski definition) is 20. The van der Waals surface area contributed by atoms with E-state index in [0.717, 1.165) is 0 Å². The second kappa shape index (κ2) is 49.0. The van der Waals surface area contributed by atoms with Crippen molar-refractivity contribution >= 4 is 196 Å². The number of carbonyl (C=O) groups is 3. The van der Waals surface area contributed by atoms with Crippen LogP contribution in [-0.4, -0.2) is 442 Å². The Bertz CT molecular complexity index is 6440. The number of nitrogens with one attached hydrogen (secondary N) is 4. The Morgan fingerprint density at radius 2 is 0.531 bits per heavy atom. The van der Waals surface area contributed by atoms with E-state index >= 15 is 0 Å². The Balaban J connectivity index is 1.50. The maximum Gasteiger partial charge on any atom is 0.397 e. The van der Waals surface area contributed by atoms with Crippen LogP contribution in [0.3, 0.4) is 0 Å². The summed E-state index contributed by atoms with van der Waals surface area (Å²) < 4.78 is 688. The van der Waals surface area contributed by atoms with Gasteiger partial charge < -0.3 is 63.9 Å². The molecule has 0 saturated carbocycles. The van der Waals surface area contributed by atoms with Crippen molar-refractivity contribution in [3.63, 3.8) is 0 Å². The molecule has 7 heterocycles. The van der Waals surface area contributed by atoms with Gasteiger partial charge in [0.15, 0.2) is 55.8 Å². The first-order chi connectivity index (χ1) is 64.5. The molecule has 0 aromatic heterocycles. The second-order valence-corrected chi connectivity index (χ2v) is 47.0. The van der Waals surface area contributed by atoms with Crippen molar-refractivity contribution in [3.8, 4) is 0 Å². The number of hydrogen-bond acceptors (Lipinski definition) is 61. The molecule has 143 heavy (non-hydrogen) atoms. The van der Waals surface area contributed by atoms with E-state index in [1.165, 1.54) is 0 Å². The van der Waals surface area contributed by atoms with Gasteiger partial charge in [0, 0.05) is 30.4 Å². The fourth-order valence-electron chi connectivity index (χ4n) is 13.8. The first-order valence-electron chi connectivity index (χ1n) is 37.0. The normalized spacial score (nSPS) is 32.2. The lowest BCUT2D eigenvalue weighted by Crippen LogP contribution is -2.70. The van der Waals surface area contributed by atoms with E-state index in [-0.39, 0.29) is 49.2 Å². The molecule has 0 aromatic rings. The zero-order chi connectivity index (χ0) is 109. The van der Waals surface area contributed by atoms with Crippen LogP contribution in [0.15, 0.2) is 0 Å². The third-order valence-electron chi connectivity index (χ3n) is 18.4. The second-order valence-electron chi connectivity index (χ2n) is 28.7.